The quantitative estimate of drug-likeness (QED) is 0.667. The van der Waals surface area contributed by atoms with E-state index in [2.05, 4.69) is 15.4 Å². The highest BCUT2D eigenvalue weighted by Crippen LogP contribution is 2.00. The fraction of sp³-hybridized carbons (Fsp3) is 0.222. The third-order valence-electron chi connectivity index (χ3n) is 1.81. The molecule has 0 saturated heterocycles. The molecule has 0 radical (unpaired) electrons. The van der Waals surface area contributed by atoms with Gasteiger partial charge >= 0.3 is 0 Å². The number of nitrogens with zero attached hydrogens (tertiary/aromatic N) is 3. The molecule has 1 N–H and O–H groups in total. The highest BCUT2D eigenvalue weighted by molar-refractivity contribution is 6.08. The average Bonchev–Trinajstić information content (AvgIpc) is 2.18. The van der Waals surface area contributed by atoms with Gasteiger partial charge in [-0.25, -0.2) is 0 Å². The number of carbonyl (C=O) groups is 1. The molecule has 2 heterocycles. The molecule has 1 aromatic rings. The number of hydrazone groups is 1. The van der Waals surface area contributed by atoms with Crippen molar-refractivity contribution in [1.29, 1.82) is 0 Å². The van der Waals surface area contributed by atoms with Gasteiger partial charge in [0.15, 0.2) is 5.84 Å². The van der Waals surface area contributed by atoms with Gasteiger partial charge in [-0.3, -0.25) is 14.8 Å². The van der Waals surface area contributed by atoms with Gasteiger partial charge in [0.2, 0.25) is 5.91 Å². The molecule has 1 aliphatic heterocycles. The molecule has 0 spiro atoms. The molecule has 0 aliphatic carbocycles. The molecule has 0 fully saturated rings. The van der Waals surface area contributed by atoms with Crippen LogP contribution in [-0.4, -0.2) is 35.3 Å². The van der Waals surface area contributed by atoms with Gasteiger partial charge in [0.1, 0.15) is 12.2 Å². The normalized spacial score (nSPS) is 16.2. The van der Waals surface area contributed by atoms with Crippen LogP contribution in [0.4, 0.5) is 0 Å². The first-order valence-corrected chi connectivity index (χ1v) is 4.27. The molecule has 14 heavy (non-hydrogen) atoms. The van der Waals surface area contributed by atoms with Crippen molar-refractivity contribution in [2.45, 2.75) is 0 Å². The van der Waals surface area contributed by atoms with Crippen molar-refractivity contribution in [3.63, 3.8) is 0 Å². The summed E-state index contributed by atoms with van der Waals surface area (Å²) in [6.45, 7) is 0.288. The SMILES string of the molecule is CN1CC(=O)NC(c2ccccn2)=N1. The van der Waals surface area contributed by atoms with Crippen molar-refractivity contribution in [2.24, 2.45) is 5.10 Å². The van der Waals surface area contributed by atoms with Crippen LogP contribution in [-0.2, 0) is 4.79 Å². The Balaban J connectivity index is 2.31. The smallest absolute Gasteiger partial charge is 0.246 e. The van der Waals surface area contributed by atoms with E-state index < -0.39 is 0 Å². The zero-order valence-corrected chi connectivity index (χ0v) is 7.77. The summed E-state index contributed by atoms with van der Waals surface area (Å²) < 4.78 is 0. The fourth-order valence-electron chi connectivity index (χ4n) is 1.23. The van der Waals surface area contributed by atoms with Crippen molar-refractivity contribution in [3.8, 4) is 0 Å². The van der Waals surface area contributed by atoms with E-state index in [9.17, 15) is 4.79 Å². The number of nitrogens with one attached hydrogen (secondary N) is 1. The largest absolute Gasteiger partial charge is 0.306 e. The Kier molecular flexibility index (Phi) is 2.14. The van der Waals surface area contributed by atoms with E-state index in [1.165, 1.54) is 0 Å². The molecule has 0 bridgehead atoms. The van der Waals surface area contributed by atoms with Crippen LogP contribution in [0.25, 0.3) is 0 Å². The first kappa shape index (κ1) is 8.68. The number of rotatable bonds is 1. The van der Waals surface area contributed by atoms with E-state index in [1.807, 2.05) is 12.1 Å². The minimum atomic E-state index is -0.0665. The summed E-state index contributed by atoms with van der Waals surface area (Å²) in [5, 5.41) is 8.41. The first-order chi connectivity index (χ1) is 6.75. The second-order valence-corrected chi connectivity index (χ2v) is 3.03. The lowest BCUT2D eigenvalue weighted by atomic mass is 10.3. The standard InChI is InChI=1S/C9H10N4O/c1-13-6-8(14)11-9(12-13)7-4-2-3-5-10-7/h2-5H,6H2,1H3,(H,11,12,14). The van der Waals surface area contributed by atoms with E-state index in [1.54, 1.807) is 24.3 Å². The highest BCUT2D eigenvalue weighted by atomic mass is 16.2. The van der Waals surface area contributed by atoms with Gasteiger partial charge in [-0.05, 0) is 12.1 Å². The van der Waals surface area contributed by atoms with E-state index >= 15 is 0 Å². The molecule has 5 heteroatoms. The minimum absolute atomic E-state index is 0.0665. The number of carbonyl (C=O) groups excluding carboxylic acids is 1. The minimum Gasteiger partial charge on any atom is -0.306 e. The maximum atomic E-state index is 11.2. The molecule has 0 atom stereocenters. The fourth-order valence-corrected chi connectivity index (χ4v) is 1.23. The highest BCUT2D eigenvalue weighted by Gasteiger charge is 2.16. The van der Waals surface area contributed by atoms with Crippen molar-refractivity contribution in [2.75, 3.05) is 13.6 Å². The summed E-state index contributed by atoms with van der Waals surface area (Å²) in [5.41, 5.74) is 0.674. The van der Waals surface area contributed by atoms with Gasteiger partial charge in [0.05, 0.1) is 0 Å². The lowest BCUT2D eigenvalue weighted by molar-refractivity contribution is -0.121. The maximum Gasteiger partial charge on any atom is 0.246 e. The lowest BCUT2D eigenvalue weighted by Crippen LogP contribution is -2.43. The number of hydrogen-bond acceptors (Lipinski definition) is 4. The number of hydrogen-bond donors (Lipinski definition) is 1. The number of aromatic nitrogens is 1. The third kappa shape index (κ3) is 1.71. The number of pyridine rings is 1. The summed E-state index contributed by atoms with van der Waals surface area (Å²) in [4.78, 5) is 15.3. The van der Waals surface area contributed by atoms with Crippen LogP contribution in [0.15, 0.2) is 29.5 Å². The summed E-state index contributed by atoms with van der Waals surface area (Å²) in [5.74, 6) is 0.438. The van der Waals surface area contributed by atoms with Crippen molar-refractivity contribution >= 4 is 11.7 Å². The van der Waals surface area contributed by atoms with E-state index in [-0.39, 0.29) is 12.5 Å². The van der Waals surface area contributed by atoms with Crippen LogP contribution in [0.2, 0.25) is 0 Å². The molecular formula is C9H10N4O. The van der Waals surface area contributed by atoms with Gasteiger partial charge in [-0.1, -0.05) is 6.07 Å². The summed E-state index contributed by atoms with van der Waals surface area (Å²) in [7, 11) is 1.75. The Bertz CT molecular complexity index is 374. The average molecular weight is 190 g/mol. The maximum absolute atomic E-state index is 11.2. The Labute approximate surface area is 81.4 Å². The summed E-state index contributed by atoms with van der Waals surface area (Å²) in [6, 6.07) is 5.47. The second kappa shape index (κ2) is 3.45. The molecule has 1 amide bonds. The molecule has 2 rings (SSSR count). The van der Waals surface area contributed by atoms with E-state index in [0.717, 1.165) is 0 Å². The predicted molar refractivity (Wildman–Crippen MR) is 51.5 cm³/mol. The summed E-state index contributed by atoms with van der Waals surface area (Å²) in [6.07, 6.45) is 1.67. The first-order valence-electron chi connectivity index (χ1n) is 4.27. The van der Waals surface area contributed by atoms with Crippen molar-refractivity contribution in [3.05, 3.63) is 30.1 Å². The van der Waals surface area contributed by atoms with Crippen LogP contribution < -0.4 is 5.32 Å². The van der Waals surface area contributed by atoms with E-state index in [4.69, 9.17) is 0 Å². The van der Waals surface area contributed by atoms with E-state index in [0.29, 0.717) is 11.5 Å². The molecule has 0 aromatic carbocycles. The van der Waals surface area contributed by atoms with Crippen LogP contribution in [0.3, 0.4) is 0 Å². The van der Waals surface area contributed by atoms with Crippen molar-refractivity contribution in [1.82, 2.24) is 15.3 Å². The van der Waals surface area contributed by atoms with Gasteiger partial charge in [-0.2, -0.15) is 5.10 Å². The zero-order chi connectivity index (χ0) is 9.97. The van der Waals surface area contributed by atoms with Crippen LogP contribution in [0.5, 0.6) is 0 Å². The molecule has 0 saturated carbocycles. The monoisotopic (exact) mass is 190 g/mol. The molecule has 0 unspecified atom stereocenters. The van der Waals surface area contributed by atoms with Gasteiger partial charge < -0.3 is 5.32 Å². The number of amidine groups is 1. The molecular weight excluding hydrogens is 180 g/mol. The molecule has 1 aliphatic rings. The predicted octanol–water partition coefficient (Wildman–Crippen LogP) is -0.195. The molecule has 72 valence electrons. The Morgan fingerprint density at radius 2 is 2.36 bits per heavy atom. The molecule has 1 aromatic heterocycles. The Morgan fingerprint density at radius 3 is 3.00 bits per heavy atom. The Hall–Kier alpha value is -1.91. The van der Waals surface area contributed by atoms with Crippen LogP contribution in [0.1, 0.15) is 5.69 Å². The molecule has 5 nitrogen and oxygen atoms in total. The van der Waals surface area contributed by atoms with Crippen LogP contribution in [0, 0.1) is 0 Å². The van der Waals surface area contributed by atoms with Gasteiger partial charge in [0.25, 0.3) is 0 Å². The van der Waals surface area contributed by atoms with Crippen LogP contribution >= 0.6 is 0 Å². The second-order valence-electron chi connectivity index (χ2n) is 3.03. The van der Waals surface area contributed by atoms with Gasteiger partial charge in [0, 0.05) is 13.2 Å². The van der Waals surface area contributed by atoms with Crippen molar-refractivity contribution < 1.29 is 4.79 Å². The lowest BCUT2D eigenvalue weighted by Gasteiger charge is -2.20. The zero-order valence-electron chi connectivity index (χ0n) is 7.77. The number of amides is 1. The Morgan fingerprint density at radius 1 is 1.50 bits per heavy atom. The topological polar surface area (TPSA) is 57.6 Å². The third-order valence-corrected chi connectivity index (χ3v) is 1.81. The summed E-state index contributed by atoms with van der Waals surface area (Å²) >= 11 is 0. The number of likely N-dealkylation sites (N-methyl/N-ethyl adjacent to an activating group) is 1. The van der Waals surface area contributed by atoms with Gasteiger partial charge in [-0.15, -0.1) is 0 Å².